The van der Waals surface area contributed by atoms with Gasteiger partial charge in [0.15, 0.2) is 0 Å². The highest BCUT2D eigenvalue weighted by atomic mass is 35.5. The minimum absolute atomic E-state index is 0.137. The van der Waals surface area contributed by atoms with Crippen molar-refractivity contribution in [2.75, 3.05) is 0 Å². The number of halogens is 1. The average Bonchev–Trinajstić information content (AvgIpc) is 2.40. The maximum atomic E-state index is 9.61. The smallest absolute Gasteiger partial charge is 0.0710 e. The summed E-state index contributed by atoms with van der Waals surface area (Å²) in [6.45, 7) is 0. The quantitative estimate of drug-likeness (QED) is 0.919. The van der Waals surface area contributed by atoms with E-state index in [0.29, 0.717) is 11.4 Å². The zero-order valence-corrected chi connectivity index (χ0v) is 11.1. The highest BCUT2D eigenvalue weighted by Crippen LogP contribution is 2.28. The molecule has 0 fully saturated rings. The highest BCUT2D eigenvalue weighted by Gasteiger charge is 2.08. The third-order valence-electron chi connectivity index (χ3n) is 2.92. The van der Waals surface area contributed by atoms with Gasteiger partial charge >= 0.3 is 0 Å². The summed E-state index contributed by atoms with van der Waals surface area (Å²) >= 11 is 6.28. The number of benzene rings is 2. The minimum Gasteiger partial charge on any atom is -0.392 e. The molecule has 0 radical (unpaired) electrons. The maximum Gasteiger partial charge on any atom is 0.0710 e. The van der Waals surface area contributed by atoms with Gasteiger partial charge < -0.3 is 5.11 Å². The Hall–Kier alpha value is -1.82. The number of hydrogen-bond donors (Lipinski definition) is 1. The molecule has 1 N–H and O–H groups in total. The van der Waals surface area contributed by atoms with E-state index in [1.54, 1.807) is 0 Å². The molecule has 0 saturated heterocycles. The lowest BCUT2D eigenvalue weighted by atomic mass is 10.0. The van der Waals surface area contributed by atoms with E-state index < -0.39 is 6.10 Å². The third kappa shape index (κ3) is 3.57. The molecule has 2 aromatic rings. The predicted octanol–water partition coefficient (Wildman–Crippen LogP) is 3.82. The van der Waals surface area contributed by atoms with Crippen molar-refractivity contribution in [3.63, 3.8) is 0 Å². The van der Waals surface area contributed by atoms with Gasteiger partial charge in [-0.1, -0.05) is 54.1 Å². The van der Waals surface area contributed by atoms with Gasteiger partial charge in [0, 0.05) is 10.6 Å². The summed E-state index contributed by atoms with van der Waals surface area (Å²) in [5, 5.41) is 18.8. The molecule has 0 unspecified atom stereocenters. The molecule has 0 heterocycles. The van der Waals surface area contributed by atoms with Crippen LogP contribution in [0.2, 0.25) is 5.02 Å². The van der Waals surface area contributed by atoms with Gasteiger partial charge in [-0.25, -0.2) is 0 Å². The molecule has 0 aliphatic carbocycles. The van der Waals surface area contributed by atoms with Gasteiger partial charge in [-0.15, -0.1) is 0 Å². The normalized spacial score (nSPS) is 11.8. The summed E-state index contributed by atoms with van der Waals surface area (Å²) in [7, 11) is 0. The molecule has 2 nitrogen and oxygen atoms in total. The molecule has 2 aromatic carbocycles. The van der Waals surface area contributed by atoms with Gasteiger partial charge in [-0.2, -0.15) is 5.26 Å². The van der Waals surface area contributed by atoms with E-state index in [1.165, 1.54) is 0 Å². The monoisotopic (exact) mass is 271 g/mol. The fourth-order valence-electron chi connectivity index (χ4n) is 1.99. The molecule has 3 heteroatoms. The second-order valence-electron chi connectivity index (χ2n) is 4.40. The molecule has 96 valence electrons. The Bertz CT molecular complexity index is 589. The summed E-state index contributed by atoms with van der Waals surface area (Å²) < 4.78 is 0. The van der Waals surface area contributed by atoms with E-state index in [1.807, 2.05) is 54.6 Å². The SMILES string of the molecule is N#CC[C@@H](O)Cc1ccc(-c2ccccc2)c(Cl)c1. The van der Waals surface area contributed by atoms with E-state index in [2.05, 4.69) is 0 Å². The molecule has 0 aliphatic heterocycles. The number of nitrogens with zero attached hydrogens (tertiary/aromatic N) is 1. The Labute approximate surface area is 117 Å². The molecule has 0 amide bonds. The van der Waals surface area contributed by atoms with Crippen molar-refractivity contribution in [3.05, 3.63) is 59.1 Å². The van der Waals surface area contributed by atoms with E-state index >= 15 is 0 Å². The second kappa shape index (κ2) is 6.38. The molecule has 0 spiro atoms. The van der Waals surface area contributed by atoms with Crippen LogP contribution in [0.15, 0.2) is 48.5 Å². The van der Waals surface area contributed by atoms with Crippen LogP contribution in [0.4, 0.5) is 0 Å². The first kappa shape index (κ1) is 13.6. The zero-order valence-electron chi connectivity index (χ0n) is 10.4. The number of aliphatic hydroxyl groups excluding tert-OH is 1. The summed E-state index contributed by atoms with van der Waals surface area (Å²) in [6.07, 6.45) is -0.0518. The van der Waals surface area contributed by atoms with Crippen molar-refractivity contribution >= 4 is 11.6 Å². The van der Waals surface area contributed by atoms with Crippen molar-refractivity contribution in [1.29, 1.82) is 5.26 Å². The van der Waals surface area contributed by atoms with Crippen LogP contribution in [-0.2, 0) is 6.42 Å². The fraction of sp³-hybridized carbons (Fsp3) is 0.188. The van der Waals surface area contributed by atoms with Crippen molar-refractivity contribution in [1.82, 2.24) is 0 Å². The van der Waals surface area contributed by atoms with E-state index in [-0.39, 0.29) is 6.42 Å². The molecule has 0 aromatic heterocycles. The lowest BCUT2D eigenvalue weighted by Crippen LogP contribution is -2.09. The largest absolute Gasteiger partial charge is 0.392 e. The van der Waals surface area contributed by atoms with Crippen molar-refractivity contribution in [2.45, 2.75) is 18.9 Å². The molecule has 2 rings (SSSR count). The van der Waals surface area contributed by atoms with Crippen LogP contribution in [0, 0.1) is 11.3 Å². The van der Waals surface area contributed by atoms with Gasteiger partial charge in [-0.3, -0.25) is 0 Å². The summed E-state index contributed by atoms with van der Waals surface area (Å²) in [5.74, 6) is 0. The van der Waals surface area contributed by atoms with Crippen molar-refractivity contribution in [3.8, 4) is 17.2 Å². The van der Waals surface area contributed by atoms with Gasteiger partial charge in [0.1, 0.15) is 0 Å². The molecule has 0 saturated carbocycles. The molecular formula is C16H14ClNO. The number of rotatable bonds is 4. The fourth-order valence-corrected chi connectivity index (χ4v) is 2.30. The lowest BCUT2D eigenvalue weighted by Gasteiger charge is -2.09. The van der Waals surface area contributed by atoms with E-state index in [9.17, 15) is 5.11 Å². The Morgan fingerprint density at radius 3 is 2.53 bits per heavy atom. The summed E-state index contributed by atoms with van der Waals surface area (Å²) in [6, 6.07) is 17.6. The van der Waals surface area contributed by atoms with Crippen LogP contribution >= 0.6 is 11.6 Å². The molecule has 19 heavy (non-hydrogen) atoms. The number of nitriles is 1. The van der Waals surface area contributed by atoms with Gasteiger partial charge in [0.2, 0.25) is 0 Å². The Morgan fingerprint density at radius 1 is 1.16 bits per heavy atom. The predicted molar refractivity (Wildman–Crippen MR) is 76.8 cm³/mol. The first-order valence-electron chi connectivity index (χ1n) is 6.09. The first-order chi connectivity index (χ1) is 9.20. The summed E-state index contributed by atoms with van der Waals surface area (Å²) in [4.78, 5) is 0. The second-order valence-corrected chi connectivity index (χ2v) is 4.81. The van der Waals surface area contributed by atoms with Crippen LogP contribution in [0.3, 0.4) is 0 Å². The Balaban J connectivity index is 2.21. The van der Waals surface area contributed by atoms with E-state index in [4.69, 9.17) is 16.9 Å². The standard InChI is InChI=1S/C16H14ClNO/c17-16-11-12(10-14(19)8-9-18)6-7-15(16)13-4-2-1-3-5-13/h1-7,11,14,19H,8,10H2/t14-/m1/s1. The zero-order chi connectivity index (χ0) is 13.7. The van der Waals surface area contributed by atoms with Gasteiger partial charge in [0.25, 0.3) is 0 Å². The first-order valence-corrected chi connectivity index (χ1v) is 6.47. The summed E-state index contributed by atoms with van der Waals surface area (Å²) in [5.41, 5.74) is 2.98. The molecule has 1 atom stereocenters. The van der Waals surface area contributed by atoms with Gasteiger partial charge in [0.05, 0.1) is 18.6 Å². The molecular weight excluding hydrogens is 258 g/mol. The van der Waals surface area contributed by atoms with Crippen LogP contribution in [0.25, 0.3) is 11.1 Å². The Kier molecular flexibility index (Phi) is 4.57. The van der Waals surface area contributed by atoms with Crippen LogP contribution < -0.4 is 0 Å². The van der Waals surface area contributed by atoms with Crippen LogP contribution in [-0.4, -0.2) is 11.2 Å². The highest BCUT2D eigenvalue weighted by molar-refractivity contribution is 6.33. The number of aliphatic hydroxyl groups is 1. The molecule has 0 bridgehead atoms. The average molecular weight is 272 g/mol. The van der Waals surface area contributed by atoms with E-state index in [0.717, 1.165) is 16.7 Å². The Morgan fingerprint density at radius 2 is 1.89 bits per heavy atom. The number of hydrogen-bond acceptors (Lipinski definition) is 2. The molecule has 0 aliphatic rings. The van der Waals surface area contributed by atoms with Crippen LogP contribution in [0.1, 0.15) is 12.0 Å². The minimum atomic E-state index is -0.636. The maximum absolute atomic E-state index is 9.61. The van der Waals surface area contributed by atoms with Gasteiger partial charge in [-0.05, 0) is 23.6 Å². The lowest BCUT2D eigenvalue weighted by molar-refractivity contribution is 0.180. The van der Waals surface area contributed by atoms with Crippen LogP contribution in [0.5, 0.6) is 0 Å². The van der Waals surface area contributed by atoms with Crippen molar-refractivity contribution in [2.24, 2.45) is 0 Å². The topological polar surface area (TPSA) is 44.0 Å². The third-order valence-corrected chi connectivity index (χ3v) is 3.23. The van der Waals surface area contributed by atoms with Crippen molar-refractivity contribution < 1.29 is 5.11 Å².